The molecule has 0 bridgehead atoms. The van der Waals surface area contributed by atoms with Crippen LogP contribution in [0.1, 0.15) is 5.56 Å². The Morgan fingerprint density at radius 3 is 2.94 bits per heavy atom. The van der Waals surface area contributed by atoms with Crippen LogP contribution < -0.4 is 5.73 Å². The molecule has 0 spiro atoms. The lowest BCUT2D eigenvalue weighted by Crippen LogP contribution is -2.05. The van der Waals surface area contributed by atoms with Gasteiger partial charge in [-0.25, -0.2) is 0 Å². The van der Waals surface area contributed by atoms with Gasteiger partial charge in [-0.1, -0.05) is 30.0 Å². The highest BCUT2D eigenvalue weighted by Gasteiger charge is 1.94. The summed E-state index contributed by atoms with van der Waals surface area (Å²) in [4.78, 5) is 0. The Morgan fingerprint density at radius 2 is 2.25 bits per heavy atom. The van der Waals surface area contributed by atoms with E-state index in [1.807, 2.05) is 0 Å². The lowest BCUT2D eigenvalue weighted by molar-refractivity contribution is 0.474. The van der Waals surface area contributed by atoms with E-state index in [1.54, 1.807) is 30.3 Å². The van der Waals surface area contributed by atoms with Crippen LogP contribution in [0.25, 0.3) is 0 Å². The highest BCUT2D eigenvalue weighted by atomic mass is 32.2. The van der Waals surface area contributed by atoms with E-state index in [0.29, 0.717) is 16.5 Å². The second-order valence-electron chi connectivity index (χ2n) is 2.84. The molecule has 0 heterocycles. The highest BCUT2D eigenvalue weighted by Crippen LogP contribution is 2.12. The second-order valence-corrected chi connectivity index (χ2v) is 3.88. The summed E-state index contributed by atoms with van der Waals surface area (Å²) in [6, 6.07) is 6.87. The molecule has 0 aliphatic carbocycles. The van der Waals surface area contributed by atoms with E-state index in [2.05, 4.69) is 16.8 Å². The van der Waals surface area contributed by atoms with E-state index in [4.69, 9.17) is 5.73 Å². The molecule has 0 amide bonds. The van der Waals surface area contributed by atoms with Crippen LogP contribution in [0.4, 0.5) is 0 Å². The highest BCUT2D eigenvalue weighted by molar-refractivity contribution is 8.13. The summed E-state index contributed by atoms with van der Waals surface area (Å²) >= 11 is 1.35. The first-order chi connectivity index (χ1) is 7.74. The molecule has 1 aromatic carbocycles. The lowest BCUT2D eigenvalue weighted by atomic mass is 10.2. The number of nitrogens with zero attached hydrogens (tertiary/aromatic N) is 2. The minimum Gasteiger partial charge on any atom is -0.507 e. The standard InChI is InChI=1S/C11H13N3OS/c1-2-7-16-11(12)14-13-8-9-5-3-4-6-10(9)15/h2-6,8,15H,1,7H2,(H2,12,14). The van der Waals surface area contributed by atoms with Gasteiger partial charge in [0.1, 0.15) is 5.75 Å². The van der Waals surface area contributed by atoms with Gasteiger partial charge in [0.2, 0.25) is 0 Å². The number of phenolic OH excluding ortho intramolecular Hbond substituents is 1. The van der Waals surface area contributed by atoms with Crippen LogP contribution in [0.3, 0.4) is 0 Å². The second kappa shape index (κ2) is 6.68. The van der Waals surface area contributed by atoms with Crippen molar-refractivity contribution < 1.29 is 5.11 Å². The van der Waals surface area contributed by atoms with Gasteiger partial charge in [0.25, 0.3) is 0 Å². The fourth-order valence-corrected chi connectivity index (χ4v) is 1.31. The van der Waals surface area contributed by atoms with Crippen LogP contribution >= 0.6 is 11.8 Å². The Bertz CT molecular complexity index is 415. The first-order valence-corrected chi connectivity index (χ1v) is 5.61. The van der Waals surface area contributed by atoms with E-state index in [-0.39, 0.29) is 5.75 Å². The van der Waals surface area contributed by atoms with Crippen LogP contribution in [-0.4, -0.2) is 22.2 Å². The molecule has 4 nitrogen and oxygen atoms in total. The molecule has 0 atom stereocenters. The molecule has 0 aliphatic heterocycles. The lowest BCUT2D eigenvalue weighted by Gasteiger charge is -1.95. The molecule has 0 aromatic heterocycles. The van der Waals surface area contributed by atoms with Crippen LogP contribution in [0, 0.1) is 0 Å². The summed E-state index contributed by atoms with van der Waals surface area (Å²) in [5.74, 6) is 0.861. The van der Waals surface area contributed by atoms with Gasteiger partial charge in [0.15, 0.2) is 5.17 Å². The molecular formula is C11H13N3OS. The molecule has 0 unspecified atom stereocenters. The normalized spacial score (nSPS) is 11.9. The molecular weight excluding hydrogens is 222 g/mol. The molecule has 0 saturated carbocycles. The van der Waals surface area contributed by atoms with Crippen molar-refractivity contribution in [2.45, 2.75) is 0 Å². The van der Waals surface area contributed by atoms with Crippen LogP contribution in [0.15, 0.2) is 47.1 Å². The molecule has 5 heteroatoms. The van der Waals surface area contributed by atoms with Crippen molar-refractivity contribution in [3.05, 3.63) is 42.5 Å². The van der Waals surface area contributed by atoms with Gasteiger partial charge in [0, 0.05) is 11.3 Å². The SMILES string of the molecule is C=CCSC(N)=NN=Cc1ccccc1O. The average Bonchev–Trinajstić information content (AvgIpc) is 2.29. The van der Waals surface area contributed by atoms with Gasteiger partial charge in [-0.3, -0.25) is 0 Å². The smallest absolute Gasteiger partial charge is 0.180 e. The van der Waals surface area contributed by atoms with Crippen molar-refractivity contribution in [3.63, 3.8) is 0 Å². The number of para-hydroxylation sites is 1. The zero-order chi connectivity index (χ0) is 11.8. The zero-order valence-electron chi connectivity index (χ0n) is 8.71. The Morgan fingerprint density at radius 1 is 1.50 bits per heavy atom. The van der Waals surface area contributed by atoms with Crippen LogP contribution in [-0.2, 0) is 0 Å². The van der Waals surface area contributed by atoms with Gasteiger partial charge in [-0.15, -0.1) is 11.7 Å². The summed E-state index contributed by atoms with van der Waals surface area (Å²) in [5, 5.41) is 17.3. The Hall–Kier alpha value is -1.75. The number of hydrogen-bond donors (Lipinski definition) is 2. The predicted molar refractivity (Wildman–Crippen MR) is 70.0 cm³/mol. The maximum absolute atomic E-state index is 9.43. The number of phenols is 1. The predicted octanol–water partition coefficient (Wildman–Crippen LogP) is 1.96. The third kappa shape index (κ3) is 4.18. The van der Waals surface area contributed by atoms with E-state index in [0.717, 1.165) is 0 Å². The van der Waals surface area contributed by atoms with Crippen LogP contribution in [0.2, 0.25) is 0 Å². The summed E-state index contributed by atoms with van der Waals surface area (Å²) in [7, 11) is 0. The summed E-state index contributed by atoms with van der Waals surface area (Å²) in [5.41, 5.74) is 6.16. The summed E-state index contributed by atoms with van der Waals surface area (Å²) in [6.07, 6.45) is 3.19. The number of nitrogens with two attached hydrogens (primary N) is 1. The summed E-state index contributed by atoms with van der Waals surface area (Å²) < 4.78 is 0. The number of hydrogen-bond acceptors (Lipinski definition) is 4. The van der Waals surface area contributed by atoms with Crippen molar-refractivity contribution >= 4 is 23.1 Å². The van der Waals surface area contributed by atoms with Crippen molar-refractivity contribution in [2.24, 2.45) is 15.9 Å². The fourth-order valence-electron chi connectivity index (χ4n) is 0.918. The Kier molecular flexibility index (Phi) is 5.15. The zero-order valence-corrected chi connectivity index (χ0v) is 9.52. The number of thioether (sulfide) groups is 1. The number of amidine groups is 1. The van der Waals surface area contributed by atoms with Gasteiger partial charge < -0.3 is 10.8 Å². The first-order valence-electron chi connectivity index (χ1n) is 4.62. The maximum Gasteiger partial charge on any atom is 0.180 e. The van der Waals surface area contributed by atoms with E-state index in [9.17, 15) is 5.11 Å². The van der Waals surface area contributed by atoms with Crippen molar-refractivity contribution in [1.82, 2.24) is 0 Å². The number of rotatable bonds is 4. The summed E-state index contributed by atoms with van der Waals surface area (Å²) in [6.45, 7) is 3.57. The molecule has 1 aromatic rings. The average molecular weight is 235 g/mol. The molecule has 0 saturated heterocycles. The molecule has 16 heavy (non-hydrogen) atoms. The number of benzene rings is 1. The Labute approximate surface area is 98.6 Å². The van der Waals surface area contributed by atoms with Gasteiger partial charge in [-0.2, -0.15) is 5.10 Å². The topological polar surface area (TPSA) is 71.0 Å². The van der Waals surface area contributed by atoms with Crippen molar-refractivity contribution in [2.75, 3.05) is 5.75 Å². The minimum atomic E-state index is 0.166. The minimum absolute atomic E-state index is 0.166. The third-order valence-electron chi connectivity index (χ3n) is 1.64. The third-order valence-corrected chi connectivity index (χ3v) is 2.42. The van der Waals surface area contributed by atoms with Crippen molar-refractivity contribution in [1.29, 1.82) is 0 Å². The Balaban J connectivity index is 2.60. The van der Waals surface area contributed by atoms with E-state index < -0.39 is 0 Å². The van der Waals surface area contributed by atoms with Crippen LogP contribution in [0.5, 0.6) is 5.75 Å². The molecule has 84 valence electrons. The van der Waals surface area contributed by atoms with Gasteiger partial charge >= 0.3 is 0 Å². The molecule has 0 aliphatic rings. The quantitative estimate of drug-likeness (QED) is 0.363. The molecule has 3 N–H and O–H groups in total. The molecule has 1 rings (SSSR count). The molecule has 0 radical (unpaired) electrons. The fraction of sp³-hybridized carbons (Fsp3) is 0.0909. The number of aromatic hydroxyl groups is 1. The van der Waals surface area contributed by atoms with Gasteiger partial charge in [-0.05, 0) is 12.1 Å². The van der Waals surface area contributed by atoms with Gasteiger partial charge in [0.05, 0.1) is 6.21 Å². The molecule has 0 fully saturated rings. The first kappa shape index (κ1) is 12.3. The maximum atomic E-state index is 9.43. The van der Waals surface area contributed by atoms with Crippen molar-refractivity contribution in [3.8, 4) is 5.75 Å². The van der Waals surface area contributed by atoms with E-state index >= 15 is 0 Å². The van der Waals surface area contributed by atoms with E-state index in [1.165, 1.54) is 18.0 Å². The monoisotopic (exact) mass is 235 g/mol. The largest absolute Gasteiger partial charge is 0.507 e.